The summed E-state index contributed by atoms with van der Waals surface area (Å²) >= 11 is 0. The number of H-pyrrole nitrogens is 1. The maximum absolute atomic E-state index is 12.2. The number of hydrogen-bond acceptors (Lipinski definition) is 7. The summed E-state index contributed by atoms with van der Waals surface area (Å²) in [6.45, 7) is 4.39. The largest absolute Gasteiger partial charge is 0.462 e. The van der Waals surface area contributed by atoms with E-state index < -0.39 is 29.0 Å². The van der Waals surface area contributed by atoms with Gasteiger partial charge in [-0.2, -0.15) is 9.36 Å². The summed E-state index contributed by atoms with van der Waals surface area (Å²) < 4.78 is 11.1. The highest BCUT2D eigenvalue weighted by Crippen LogP contribution is 2.25. The van der Waals surface area contributed by atoms with Crippen LogP contribution in [0.4, 0.5) is 0 Å². The Morgan fingerprint density at radius 1 is 1.14 bits per heavy atom. The molecule has 0 aliphatic carbocycles. The van der Waals surface area contributed by atoms with Crippen molar-refractivity contribution in [3.63, 3.8) is 0 Å². The second-order valence-electron chi connectivity index (χ2n) is 4.13. The average molecular weight is 298 g/mol. The van der Waals surface area contributed by atoms with Gasteiger partial charge >= 0.3 is 29.0 Å². The Kier molecular flexibility index (Phi) is 3.54. The number of esters is 2. The number of aliphatic imine (C=N–C) groups is 1. The number of fused-ring (bicyclic) bond motifs is 1. The molecule has 0 amide bonds. The molecule has 21 heavy (non-hydrogen) atoms. The molecule has 1 aromatic heterocycles. The molecule has 1 aromatic rings. The standard InChI is InChI=1S/C11H14N4O6/c1-4-20-7(16)11(8(17)21-5-2)13-6(3)14-9(18)12-10(19)15(11)14/h4-5H2,1-3H3,(H,12,18,19). The summed E-state index contributed by atoms with van der Waals surface area (Å²) in [6.07, 6.45) is 0. The minimum absolute atomic E-state index is 0.000504. The second kappa shape index (κ2) is 5.04. The summed E-state index contributed by atoms with van der Waals surface area (Å²) in [5, 5.41) is 0. The van der Waals surface area contributed by atoms with Crippen LogP contribution in [-0.2, 0) is 24.7 Å². The fraction of sp³-hybridized carbons (Fsp3) is 0.545. The number of carbonyl (C=O) groups is 2. The quantitative estimate of drug-likeness (QED) is 0.527. The Morgan fingerprint density at radius 3 is 2.14 bits per heavy atom. The smallest absolute Gasteiger partial charge is 0.369 e. The summed E-state index contributed by atoms with van der Waals surface area (Å²) in [4.78, 5) is 53.9. The molecule has 0 unspecified atom stereocenters. The molecule has 0 atom stereocenters. The highest BCUT2D eigenvalue weighted by Gasteiger charge is 2.57. The van der Waals surface area contributed by atoms with Crippen molar-refractivity contribution in [3.8, 4) is 0 Å². The lowest BCUT2D eigenvalue weighted by molar-refractivity contribution is -0.170. The maximum Gasteiger partial charge on any atom is 0.369 e. The van der Waals surface area contributed by atoms with Crippen LogP contribution in [0.5, 0.6) is 0 Å². The van der Waals surface area contributed by atoms with E-state index >= 15 is 0 Å². The van der Waals surface area contributed by atoms with Crippen molar-refractivity contribution in [3.05, 3.63) is 21.0 Å². The predicted octanol–water partition coefficient (Wildman–Crippen LogP) is -1.60. The maximum atomic E-state index is 12.2. The fourth-order valence-corrected chi connectivity index (χ4v) is 2.10. The predicted molar refractivity (Wildman–Crippen MR) is 69.1 cm³/mol. The third kappa shape index (κ3) is 1.90. The van der Waals surface area contributed by atoms with Crippen molar-refractivity contribution >= 4 is 17.8 Å². The summed E-state index contributed by atoms with van der Waals surface area (Å²) in [5.41, 5.74) is -4.13. The molecule has 1 aliphatic rings. The van der Waals surface area contributed by atoms with E-state index in [1.165, 1.54) is 20.8 Å². The van der Waals surface area contributed by atoms with Crippen molar-refractivity contribution in [1.82, 2.24) is 14.3 Å². The Hall–Kier alpha value is -2.65. The van der Waals surface area contributed by atoms with Gasteiger partial charge in [-0.1, -0.05) is 0 Å². The van der Waals surface area contributed by atoms with Gasteiger partial charge < -0.3 is 9.47 Å². The zero-order valence-corrected chi connectivity index (χ0v) is 11.7. The Labute approximate surface area is 118 Å². The minimum Gasteiger partial charge on any atom is -0.462 e. The van der Waals surface area contributed by atoms with Crippen molar-refractivity contribution in [2.75, 3.05) is 13.2 Å². The Balaban J connectivity index is 2.76. The molecule has 0 fully saturated rings. The third-order valence-corrected chi connectivity index (χ3v) is 2.86. The number of aromatic amines is 1. The summed E-state index contributed by atoms with van der Waals surface area (Å²) in [7, 11) is 0. The summed E-state index contributed by atoms with van der Waals surface area (Å²) in [5.74, 6) is -2.18. The number of carbonyl (C=O) groups excluding carboxylic acids is 2. The SMILES string of the molecule is CCOC(=O)C1(C(=O)OCC)N=C(C)n2c(=O)[nH]c(=O)n21. The molecule has 0 bridgehead atoms. The first-order valence-electron chi connectivity index (χ1n) is 6.26. The van der Waals surface area contributed by atoms with E-state index in [9.17, 15) is 19.2 Å². The lowest BCUT2D eigenvalue weighted by Crippen LogP contribution is -2.53. The van der Waals surface area contributed by atoms with Gasteiger partial charge in [0.05, 0.1) is 13.2 Å². The number of rotatable bonds is 4. The van der Waals surface area contributed by atoms with Gasteiger partial charge in [0.2, 0.25) is 0 Å². The third-order valence-electron chi connectivity index (χ3n) is 2.86. The van der Waals surface area contributed by atoms with Gasteiger partial charge in [-0.15, -0.1) is 0 Å². The molecule has 1 N–H and O–H groups in total. The van der Waals surface area contributed by atoms with Crippen molar-refractivity contribution < 1.29 is 19.1 Å². The van der Waals surface area contributed by atoms with Crippen molar-refractivity contribution in [1.29, 1.82) is 0 Å². The van der Waals surface area contributed by atoms with Gasteiger partial charge in [-0.05, 0) is 20.8 Å². The minimum atomic E-state index is -2.37. The van der Waals surface area contributed by atoms with Crippen LogP contribution in [0.1, 0.15) is 20.8 Å². The van der Waals surface area contributed by atoms with Crippen LogP contribution in [-0.4, -0.2) is 45.3 Å². The van der Waals surface area contributed by atoms with Gasteiger partial charge in [0.15, 0.2) is 0 Å². The van der Waals surface area contributed by atoms with Crippen LogP contribution in [0.15, 0.2) is 14.6 Å². The van der Waals surface area contributed by atoms with Gasteiger partial charge in [0.1, 0.15) is 5.84 Å². The van der Waals surface area contributed by atoms with Crippen LogP contribution >= 0.6 is 0 Å². The molecule has 114 valence electrons. The molecule has 0 radical (unpaired) electrons. The fourth-order valence-electron chi connectivity index (χ4n) is 2.10. The lowest BCUT2D eigenvalue weighted by atomic mass is 10.2. The molecule has 10 nitrogen and oxygen atoms in total. The van der Waals surface area contributed by atoms with Crippen LogP contribution in [0, 0.1) is 0 Å². The number of hydrogen-bond donors (Lipinski definition) is 1. The molecule has 2 heterocycles. The van der Waals surface area contributed by atoms with E-state index in [0.29, 0.717) is 4.68 Å². The molecule has 1 aliphatic heterocycles. The lowest BCUT2D eigenvalue weighted by Gasteiger charge is -2.21. The van der Waals surface area contributed by atoms with Crippen LogP contribution in [0.2, 0.25) is 0 Å². The number of nitrogens with zero attached hydrogens (tertiary/aromatic N) is 3. The van der Waals surface area contributed by atoms with Crippen LogP contribution < -0.4 is 11.4 Å². The number of aromatic nitrogens is 3. The first-order valence-corrected chi connectivity index (χ1v) is 6.26. The highest BCUT2D eigenvalue weighted by atomic mass is 16.6. The van der Waals surface area contributed by atoms with Crippen LogP contribution in [0.25, 0.3) is 0 Å². The van der Waals surface area contributed by atoms with E-state index in [-0.39, 0.29) is 19.0 Å². The van der Waals surface area contributed by atoms with Crippen molar-refractivity contribution in [2.45, 2.75) is 26.4 Å². The van der Waals surface area contributed by atoms with E-state index in [1.54, 1.807) is 0 Å². The number of nitrogens with one attached hydrogen (secondary N) is 1. The zero-order chi connectivity index (χ0) is 15.8. The summed E-state index contributed by atoms with van der Waals surface area (Å²) in [6, 6.07) is 0. The van der Waals surface area contributed by atoms with Gasteiger partial charge in [0.25, 0.3) is 0 Å². The molecule has 2 rings (SSSR count). The van der Waals surface area contributed by atoms with Crippen molar-refractivity contribution in [2.24, 2.45) is 4.99 Å². The van der Waals surface area contributed by atoms with Gasteiger partial charge in [-0.3, -0.25) is 4.98 Å². The highest BCUT2D eigenvalue weighted by molar-refractivity contribution is 6.06. The number of ether oxygens (including phenoxy) is 2. The molecule has 0 aromatic carbocycles. The van der Waals surface area contributed by atoms with E-state index in [0.717, 1.165) is 4.68 Å². The van der Waals surface area contributed by atoms with Crippen LogP contribution in [0.3, 0.4) is 0 Å². The van der Waals surface area contributed by atoms with E-state index in [1.807, 2.05) is 4.98 Å². The molecule has 0 spiro atoms. The second-order valence-corrected chi connectivity index (χ2v) is 4.13. The van der Waals surface area contributed by atoms with Gasteiger partial charge in [0, 0.05) is 0 Å². The normalized spacial score (nSPS) is 15.3. The molecule has 0 saturated heterocycles. The Bertz CT molecular complexity index is 719. The first kappa shape index (κ1) is 14.8. The average Bonchev–Trinajstić information content (AvgIpc) is 2.89. The zero-order valence-electron chi connectivity index (χ0n) is 11.7. The first-order chi connectivity index (χ1) is 9.90. The van der Waals surface area contributed by atoms with Gasteiger partial charge in [-0.25, -0.2) is 24.2 Å². The molecular formula is C11H14N4O6. The Morgan fingerprint density at radius 2 is 1.67 bits per heavy atom. The molecular weight excluding hydrogens is 284 g/mol. The topological polar surface area (TPSA) is 125 Å². The monoisotopic (exact) mass is 298 g/mol. The van der Waals surface area contributed by atoms with E-state index in [4.69, 9.17) is 9.47 Å². The molecule has 10 heteroatoms. The molecule has 0 saturated carbocycles. The van der Waals surface area contributed by atoms with E-state index in [2.05, 4.69) is 4.99 Å².